The minimum Gasteiger partial charge on any atom is -0.472 e. The minimum atomic E-state index is 0.0278. The molecule has 0 aromatic carbocycles. The molecule has 2 aromatic heterocycles. The van der Waals surface area contributed by atoms with E-state index in [1.165, 1.54) is 10.4 Å². The van der Waals surface area contributed by atoms with E-state index in [1.54, 1.807) is 23.9 Å². The van der Waals surface area contributed by atoms with Crippen molar-refractivity contribution in [3.63, 3.8) is 0 Å². The fraction of sp³-hybridized carbons (Fsp3) is 0.200. The van der Waals surface area contributed by atoms with Crippen LogP contribution in [-0.4, -0.2) is 0 Å². The molecule has 0 radical (unpaired) electrons. The second-order valence-corrected chi connectivity index (χ2v) is 4.21. The van der Waals surface area contributed by atoms with Gasteiger partial charge < -0.3 is 4.42 Å². The van der Waals surface area contributed by atoms with Gasteiger partial charge in [-0.3, -0.25) is 5.84 Å². The van der Waals surface area contributed by atoms with E-state index in [0.29, 0.717) is 0 Å². The van der Waals surface area contributed by atoms with Gasteiger partial charge in [-0.15, -0.1) is 11.3 Å². The van der Waals surface area contributed by atoms with E-state index in [9.17, 15) is 0 Å². The van der Waals surface area contributed by atoms with Gasteiger partial charge in [0.2, 0.25) is 0 Å². The first kappa shape index (κ1) is 9.45. The van der Waals surface area contributed by atoms with Crippen LogP contribution in [0.5, 0.6) is 0 Å². The Kier molecular flexibility index (Phi) is 2.67. The number of aryl methyl sites for hydroxylation is 1. The number of thiophene rings is 1. The summed E-state index contributed by atoms with van der Waals surface area (Å²) in [4.78, 5) is 1.27. The van der Waals surface area contributed by atoms with Crippen molar-refractivity contribution in [1.82, 2.24) is 5.43 Å². The topological polar surface area (TPSA) is 51.2 Å². The maximum atomic E-state index is 5.54. The summed E-state index contributed by atoms with van der Waals surface area (Å²) in [5.41, 5.74) is 5.05. The Bertz CT molecular complexity index is 394. The Balaban J connectivity index is 2.36. The highest BCUT2D eigenvalue weighted by molar-refractivity contribution is 7.10. The molecule has 2 rings (SSSR count). The van der Waals surface area contributed by atoms with Crippen LogP contribution in [0.1, 0.15) is 22.0 Å². The zero-order chi connectivity index (χ0) is 9.97. The third-order valence-corrected chi connectivity index (χ3v) is 3.11. The molecule has 3 N–H and O–H groups in total. The van der Waals surface area contributed by atoms with Gasteiger partial charge in [0.1, 0.15) is 0 Å². The summed E-state index contributed by atoms with van der Waals surface area (Å²) in [6, 6.07) is 4.03. The first-order chi connectivity index (χ1) is 6.83. The second-order valence-electron chi connectivity index (χ2n) is 3.09. The van der Waals surface area contributed by atoms with Crippen LogP contribution in [0.4, 0.5) is 0 Å². The lowest BCUT2D eigenvalue weighted by molar-refractivity contribution is 0.553. The first-order valence-corrected chi connectivity index (χ1v) is 5.23. The summed E-state index contributed by atoms with van der Waals surface area (Å²) in [6.45, 7) is 2.09. The Morgan fingerprint density at radius 2 is 2.36 bits per heavy atom. The number of nitrogens with two attached hydrogens (primary N) is 1. The molecule has 0 bridgehead atoms. The van der Waals surface area contributed by atoms with E-state index in [1.807, 2.05) is 6.07 Å². The molecule has 0 aliphatic heterocycles. The molecule has 2 heterocycles. The predicted molar refractivity (Wildman–Crippen MR) is 56.9 cm³/mol. The highest BCUT2D eigenvalue weighted by Gasteiger charge is 2.15. The molecule has 1 unspecified atom stereocenters. The average molecular weight is 208 g/mol. The summed E-state index contributed by atoms with van der Waals surface area (Å²) in [6.07, 6.45) is 3.36. The second kappa shape index (κ2) is 3.96. The molecule has 0 amide bonds. The number of hydrazine groups is 1. The zero-order valence-corrected chi connectivity index (χ0v) is 8.67. The molecule has 0 fully saturated rings. The Hall–Kier alpha value is -1.10. The molecule has 1 atom stereocenters. The highest BCUT2D eigenvalue weighted by atomic mass is 32.1. The van der Waals surface area contributed by atoms with E-state index in [-0.39, 0.29) is 6.04 Å². The fourth-order valence-electron chi connectivity index (χ4n) is 1.50. The van der Waals surface area contributed by atoms with Gasteiger partial charge in [-0.05, 0) is 30.0 Å². The number of hydrogen-bond acceptors (Lipinski definition) is 4. The van der Waals surface area contributed by atoms with Gasteiger partial charge in [0.25, 0.3) is 0 Å². The van der Waals surface area contributed by atoms with Crippen molar-refractivity contribution >= 4 is 11.3 Å². The van der Waals surface area contributed by atoms with Crippen molar-refractivity contribution in [2.75, 3.05) is 0 Å². The van der Waals surface area contributed by atoms with E-state index in [4.69, 9.17) is 10.3 Å². The van der Waals surface area contributed by atoms with E-state index in [2.05, 4.69) is 23.8 Å². The molecule has 2 aromatic rings. The van der Waals surface area contributed by atoms with Gasteiger partial charge in [0.05, 0.1) is 18.6 Å². The summed E-state index contributed by atoms with van der Waals surface area (Å²) >= 11 is 1.72. The minimum absolute atomic E-state index is 0.0278. The smallest absolute Gasteiger partial charge is 0.0954 e. The molecule has 0 aliphatic rings. The normalized spacial score (nSPS) is 13.0. The van der Waals surface area contributed by atoms with Gasteiger partial charge >= 0.3 is 0 Å². The van der Waals surface area contributed by atoms with Crippen LogP contribution in [-0.2, 0) is 0 Å². The van der Waals surface area contributed by atoms with Crippen LogP contribution >= 0.6 is 11.3 Å². The SMILES string of the molecule is Cc1sccc1C(NN)c1ccoc1. The summed E-state index contributed by atoms with van der Waals surface area (Å²) in [5.74, 6) is 5.54. The van der Waals surface area contributed by atoms with Crippen molar-refractivity contribution in [3.05, 3.63) is 46.0 Å². The number of furan rings is 1. The molecule has 0 spiro atoms. The Morgan fingerprint density at radius 1 is 1.50 bits per heavy atom. The van der Waals surface area contributed by atoms with E-state index >= 15 is 0 Å². The molecule has 4 heteroatoms. The fourth-order valence-corrected chi connectivity index (χ4v) is 2.24. The lowest BCUT2D eigenvalue weighted by Crippen LogP contribution is -2.28. The highest BCUT2D eigenvalue weighted by Crippen LogP contribution is 2.27. The monoisotopic (exact) mass is 208 g/mol. The van der Waals surface area contributed by atoms with Gasteiger partial charge in [-0.25, -0.2) is 5.43 Å². The van der Waals surface area contributed by atoms with Crippen molar-refractivity contribution < 1.29 is 4.42 Å². The lowest BCUT2D eigenvalue weighted by Gasteiger charge is -2.13. The molecular weight excluding hydrogens is 196 g/mol. The van der Waals surface area contributed by atoms with Gasteiger partial charge in [-0.1, -0.05) is 0 Å². The Labute approximate surface area is 86.5 Å². The largest absolute Gasteiger partial charge is 0.472 e. The van der Waals surface area contributed by atoms with Gasteiger partial charge in [0.15, 0.2) is 0 Å². The van der Waals surface area contributed by atoms with Crippen LogP contribution in [0.25, 0.3) is 0 Å². The van der Waals surface area contributed by atoms with Gasteiger partial charge in [-0.2, -0.15) is 0 Å². The van der Waals surface area contributed by atoms with Crippen LogP contribution in [0.3, 0.4) is 0 Å². The lowest BCUT2D eigenvalue weighted by atomic mass is 10.0. The summed E-state index contributed by atoms with van der Waals surface area (Å²) < 4.78 is 5.04. The summed E-state index contributed by atoms with van der Waals surface area (Å²) in [5, 5.41) is 2.06. The van der Waals surface area contributed by atoms with Crippen LogP contribution in [0.2, 0.25) is 0 Å². The van der Waals surface area contributed by atoms with Crippen LogP contribution < -0.4 is 11.3 Å². The standard InChI is InChI=1S/C10H12N2OS/c1-7-9(3-5-14-7)10(12-11)8-2-4-13-6-8/h2-6,10,12H,11H2,1H3. The van der Waals surface area contributed by atoms with E-state index < -0.39 is 0 Å². The van der Waals surface area contributed by atoms with Crippen molar-refractivity contribution in [2.24, 2.45) is 5.84 Å². The van der Waals surface area contributed by atoms with Crippen LogP contribution in [0.15, 0.2) is 34.5 Å². The average Bonchev–Trinajstić information content (AvgIpc) is 2.80. The predicted octanol–water partition coefficient (Wildman–Crippen LogP) is 2.20. The number of rotatable bonds is 3. The van der Waals surface area contributed by atoms with E-state index in [0.717, 1.165) is 5.56 Å². The van der Waals surface area contributed by atoms with Crippen molar-refractivity contribution in [3.8, 4) is 0 Å². The maximum Gasteiger partial charge on any atom is 0.0954 e. The molecule has 0 aliphatic carbocycles. The molecule has 14 heavy (non-hydrogen) atoms. The molecule has 0 saturated heterocycles. The van der Waals surface area contributed by atoms with Crippen molar-refractivity contribution in [2.45, 2.75) is 13.0 Å². The molecular formula is C10H12N2OS. The first-order valence-electron chi connectivity index (χ1n) is 4.35. The zero-order valence-electron chi connectivity index (χ0n) is 7.86. The maximum absolute atomic E-state index is 5.54. The van der Waals surface area contributed by atoms with Crippen LogP contribution in [0, 0.1) is 6.92 Å². The summed E-state index contributed by atoms with van der Waals surface area (Å²) in [7, 11) is 0. The van der Waals surface area contributed by atoms with Crippen molar-refractivity contribution in [1.29, 1.82) is 0 Å². The molecule has 0 saturated carbocycles. The third-order valence-electron chi connectivity index (χ3n) is 2.25. The molecule has 3 nitrogen and oxygen atoms in total. The molecule has 74 valence electrons. The Morgan fingerprint density at radius 3 is 2.86 bits per heavy atom. The van der Waals surface area contributed by atoms with Gasteiger partial charge in [0, 0.05) is 10.4 Å². The quantitative estimate of drug-likeness (QED) is 0.600. The number of nitrogens with one attached hydrogen (secondary N) is 1. The third kappa shape index (κ3) is 1.59. The number of hydrogen-bond donors (Lipinski definition) is 2.